The Balaban J connectivity index is 1.80. The Morgan fingerprint density at radius 1 is 1.08 bits per heavy atom. The Hall–Kier alpha value is -2.49. The molecule has 3 rings (SSSR count). The topological polar surface area (TPSA) is 38.8 Å². The Kier molecular flexibility index (Phi) is 4.98. The van der Waals surface area contributed by atoms with Gasteiger partial charge in [-0.2, -0.15) is 0 Å². The van der Waals surface area contributed by atoms with Gasteiger partial charge in [-0.3, -0.25) is 4.79 Å². The molecule has 0 fully saturated rings. The average Bonchev–Trinajstić information content (AvgIpc) is 2.62. The molecule has 2 aromatic carbocycles. The summed E-state index contributed by atoms with van der Waals surface area (Å²) in [7, 11) is 1.65. The number of hydrogen-bond donors (Lipinski definition) is 0. The highest BCUT2D eigenvalue weighted by atomic mass is 16.5. The number of rotatable bonds is 4. The highest BCUT2D eigenvalue weighted by Gasteiger charge is 2.27. The lowest BCUT2D eigenvalue weighted by molar-refractivity contribution is -0.120. The average molecular weight is 339 g/mol. The molecule has 132 valence electrons. The Bertz CT molecular complexity index is 798. The number of aryl methyl sites for hydroxylation is 3. The largest absolute Gasteiger partial charge is 0.495 e. The fourth-order valence-corrected chi connectivity index (χ4v) is 3.29. The Morgan fingerprint density at radius 3 is 2.56 bits per heavy atom. The molecule has 1 amide bonds. The molecule has 0 radical (unpaired) electrons. The van der Waals surface area contributed by atoms with E-state index in [4.69, 9.17) is 9.47 Å². The molecule has 0 atom stereocenters. The molecule has 0 N–H and O–H groups in total. The van der Waals surface area contributed by atoms with Crippen LogP contribution in [0.3, 0.4) is 0 Å². The third-order valence-corrected chi connectivity index (χ3v) is 4.92. The first-order chi connectivity index (χ1) is 12.0. The highest BCUT2D eigenvalue weighted by Crippen LogP contribution is 2.38. The fourth-order valence-electron chi connectivity index (χ4n) is 3.29. The van der Waals surface area contributed by atoms with Crippen LogP contribution in [0.15, 0.2) is 30.3 Å². The zero-order valence-corrected chi connectivity index (χ0v) is 15.4. The maximum atomic E-state index is 12.8. The Labute approximate surface area is 149 Å². The monoisotopic (exact) mass is 339 g/mol. The van der Waals surface area contributed by atoms with Crippen LogP contribution >= 0.6 is 0 Å². The maximum absolute atomic E-state index is 12.8. The molecule has 0 bridgehead atoms. The van der Waals surface area contributed by atoms with E-state index in [9.17, 15) is 4.79 Å². The van der Waals surface area contributed by atoms with E-state index in [1.807, 2.05) is 36.1 Å². The SMILES string of the molecule is COc1ccc(C)c2c1N(C(=O)COc1ccc(C)c(C)c1)CCC2. The van der Waals surface area contributed by atoms with E-state index in [0.29, 0.717) is 6.54 Å². The molecule has 25 heavy (non-hydrogen) atoms. The van der Waals surface area contributed by atoms with Gasteiger partial charge in [-0.05, 0) is 74.1 Å². The van der Waals surface area contributed by atoms with Crippen molar-refractivity contribution in [1.29, 1.82) is 0 Å². The lowest BCUT2D eigenvalue weighted by Gasteiger charge is -2.32. The van der Waals surface area contributed by atoms with Crippen LogP contribution in [0.5, 0.6) is 11.5 Å². The summed E-state index contributed by atoms with van der Waals surface area (Å²) < 4.78 is 11.2. The van der Waals surface area contributed by atoms with Gasteiger partial charge in [0.15, 0.2) is 6.61 Å². The predicted molar refractivity (Wildman–Crippen MR) is 99.8 cm³/mol. The zero-order chi connectivity index (χ0) is 18.0. The van der Waals surface area contributed by atoms with Gasteiger partial charge in [-0.15, -0.1) is 0 Å². The number of nitrogens with zero attached hydrogens (tertiary/aromatic N) is 1. The standard InChI is InChI=1S/C21H25NO3/c1-14-7-9-17(12-16(14)3)25-13-20(23)22-11-5-6-18-15(2)8-10-19(24-4)21(18)22/h7-10,12H,5-6,11,13H2,1-4H3. The van der Waals surface area contributed by atoms with Crippen molar-refractivity contribution in [2.45, 2.75) is 33.6 Å². The molecule has 4 nitrogen and oxygen atoms in total. The van der Waals surface area contributed by atoms with E-state index in [1.54, 1.807) is 7.11 Å². The number of carbonyl (C=O) groups is 1. The van der Waals surface area contributed by atoms with Crippen molar-refractivity contribution in [1.82, 2.24) is 0 Å². The number of ether oxygens (including phenoxy) is 2. The highest BCUT2D eigenvalue weighted by molar-refractivity contribution is 5.97. The molecule has 0 spiro atoms. The van der Waals surface area contributed by atoms with Crippen LogP contribution in [-0.4, -0.2) is 26.2 Å². The second-order valence-electron chi connectivity index (χ2n) is 6.60. The van der Waals surface area contributed by atoms with Gasteiger partial charge in [0.1, 0.15) is 11.5 Å². The number of methoxy groups -OCH3 is 1. The molecule has 4 heteroatoms. The summed E-state index contributed by atoms with van der Waals surface area (Å²) >= 11 is 0. The summed E-state index contributed by atoms with van der Waals surface area (Å²) in [6.45, 7) is 6.90. The summed E-state index contributed by atoms with van der Waals surface area (Å²) in [6, 6.07) is 9.88. The second-order valence-corrected chi connectivity index (χ2v) is 6.60. The van der Waals surface area contributed by atoms with Crippen molar-refractivity contribution in [3.05, 3.63) is 52.6 Å². The summed E-state index contributed by atoms with van der Waals surface area (Å²) in [5.41, 5.74) is 5.67. The van der Waals surface area contributed by atoms with Crippen LogP contribution in [-0.2, 0) is 11.2 Å². The fraction of sp³-hybridized carbons (Fsp3) is 0.381. The first-order valence-corrected chi connectivity index (χ1v) is 8.68. The Morgan fingerprint density at radius 2 is 1.84 bits per heavy atom. The first kappa shape index (κ1) is 17.3. The number of benzene rings is 2. The molecular weight excluding hydrogens is 314 g/mol. The quantitative estimate of drug-likeness (QED) is 0.846. The lowest BCUT2D eigenvalue weighted by atomic mass is 9.96. The van der Waals surface area contributed by atoms with Crippen LogP contribution in [0.25, 0.3) is 0 Å². The van der Waals surface area contributed by atoms with Crippen LogP contribution in [0.1, 0.15) is 28.7 Å². The third kappa shape index (κ3) is 3.48. The number of carbonyl (C=O) groups excluding carboxylic acids is 1. The normalized spacial score (nSPS) is 13.4. The van der Waals surface area contributed by atoms with Crippen molar-refractivity contribution < 1.29 is 14.3 Å². The van der Waals surface area contributed by atoms with E-state index in [2.05, 4.69) is 19.9 Å². The molecule has 1 heterocycles. The molecule has 0 aromatic heterocycles. The van der Waals surface area contributed by atoms with Crippen molar-refractivity contribution in [3.8, 4) is 11.5 Å². The number of anilines is 1. The van der Waals surface area contributed by atoms with Crippen LogP contribution in [0.4, 0.5) is 5.69 Å². The van der Waals surface area contributed by atoms with E-state index in [-0.39, 0.29) is 12.5 Å². The minimum Gasteiger partial charge on any atom is -0.495 e. The van der Waals surface area contributed by atoms with Crippen LogP contribution < -0.4 is 14.4 Å². The van der Waals surface area contributed by atoms with Gasteiger partial charge in [-0.1, -0.05) is 12.1 Å². The van der Waals surface area contributed by atoms with E-state index in [1.165, 1.54) is 16.7 Å². The minimum atomic E-state index is -0.0388. The van der Waals surface area contributed by atoms with E-state index < -0.39 is 0 Å². The summed E-state index contributed by atoms with van der Waals surface area (Å²) in [5.74, 6) is 1.44. The molecule has 1 aliphatic rings. The molecule has 0 unspecified atom stereocenters. The molecule has 2 aromatic rings. The van der Waals surface area contributed by atoms with Gasteiger partial charge in [-0.25, -0.2) is 0 Å². The molecule has 1 aliphatic heterocycles. The summed E-state index contributed by atoms with van der Waals surface area (Å²) in [5, 5.41) is 0. The van der Waals surface area contributed by atoms with E-state index in [0.717, 1.165) is 35.6 Å². The molecule has 0 aliphatic carbocycles. The zero-order valence-electron chi connectivity index (χ0n) is 15.4. The molecule has 0 saturated carbocycles. The lowest BCUT2D eigenvalue weighted by Crippen LogP contribution is -2.39. The first-order valence-electron chi connectivity index (χ1n) is 8.68. The maximum Gasteiger partial charge on any atom is 0.265 e. The van der Waals surface area contributed by atoms with Gasteiger partial charge in [0, 0.05) is 6.54 Å². The van der Waals surface area contributed by atoms with Crippen molar-refractivity contribution >= 4 is 11.6 Å². The smallest absolute Gasteiger partial charge is 0.265 e. The van der Waals surface area contributed by atoms with Gasteiger partial charge in [0.2, 0.25) is 0 Å². The molecule has 0 saturated heterocycles. The van der Waals surface area contributed by atoms with Crippen LogP contribution in [0, 0.1) is 20.8 Å². The second kappa shape index (κ2) is 7.18. The van der Waals surface area contributed by atoms with Gasteiger partial charge < -0.3 is 14.4 Å². The van der Waals surface area contributed by atoms with Crippen molar-refractivity contribution in [2.24, 2.45) is 0 Å². The third-order valence-electron chi connectivity index (χ3n) is 4.92. The minimum absolute atomic E-state index is 0.0268. The van der Waals surface area contributed by atoms with Crippen molar-refractivity contribution in [3.63, 3.8) is 0 Å². The van der Waals surface area contributed by atoms with Gasteiger partial charge in [0.05, 0.1) is 12.8 Å². The van der Waals surface area contributed by atoms with E-state index >= 15 is 0 Å². The summed E-state index contributed by atoms with van der Waals surface area (Å²) in [6.07, 6.45) is 1.93. The molecular formula is C21H25NO3. The number of amides is 1. The number of fused-ring (bicyclic) bond motifs is 1. The van der Waals surface area contributed by atoms with Gasteiger partial charge in [0.25, 0.3) is 5.91 Å². The predicted octanol–water partition coefficient (Wildman–Crippen LogP) is 3.98. The summed E-state index contributed by atoms with van der Waals surface area (Å²) in [4.78, 5) is 14.6. The van der Waals surface area contributed by atoms with Gasteiger partial charge >= 0.3 is 0 Å². The van der Waals surface area contributed by atoms with Crippen molar-refractivity contribution in [2.75, 3.05) is 25.2 Å². The van der Waals surface area contributed by atoms with Crippen LogP contribution in [0.2, 0.25) is 0 Å². The number of hydrogen-bond acceptors (Lipinski definition) is 3.